The Morgan fingerprint density at radius 1 is 1.04 bits per heavy atom. The van der Waals surface area contributed by atoms with Crippen molar-refractivity contribution in [1.82, 2.24) is 10.6 Å². The van der Waals surface area contributed by atoms with Crippen molar-refractivity contribution in [3.8, 4) is 11.5 Å². The van der Waals surface area contributed by atoms with E-state index >= 15 is 0 Å². The Kier molecular flexibility index (Phi) is 11.7. The smallest absolute Gasteiger partial charge is 0.348 e. The van der Waals surface area contributed by atoms with E-state index < -0.39 is 18.1 Å². The zero-order chi connectivity index (χ0) is 32.5. The molecule has 0 radical (unpaired) electrons. The number of halogens is 1. The van der Waals surface area contributed by atoms with Gasteiger partial charge in [-0.25, -0.2) is 14.6 Å². The van der Waals surface area contributed by atoms with E-state index in [1.54, 1.807) is 32.5 Å². The first-order valence-corrected chi connectivity index (χ1v) is 16.4. The van der Waals surface area contributed by atoms with E-state index in [4.69, 9.17) is 30.5 Å². The van der Waals surface area contributed by atoms with Crippen LogP contribution in [0.25, 0.3) is 0 Å². The molecule has 1 aliphatic heterocycles. The number of aryl methyl sites for hydroxylation is 1. The summed E-state index contributed by atoms with van der Waals surface area (Å²) < 4.78 is 22.8. The highest BCUT2D eigenvalue weighted by molar-refractivity contribution is 7.13. The Hall–Kier alpha value is -3.96. The van der Waals surface area contributed by atoms with E-state index in [0.717, 1.165) is 46.6 Å². The summed E-state index contributed by atoms with van der Waals surface area (Å²) in [5.74, 6) is 0.648. The Morgan fingerprint density at radius 2 is 1.85 bits per heavy atom. The van der Waals surface area contributed by atoms with Crippen LogP contribution in [0.2, 0.25) is 5.02 Å². The first-order valence-electron chi connectivity index (χ1n) is 15.2. The number of aromatic nitrogens is 1. The molecule has 5 rings (SSSR count). The van der Waals surface area contributed by atoms with Gasteiger partial charge in [-0.05, 0) is 60.8 Å². The van der Waals surface area contributed by atoms with Crippen molar-refractivity contribution in [3.05, 3.63) is 110 Å². The van der Waals surface area contributed by atoms with Crippen LogP contribution in [0.1, 0.15) is 55.4 Å². The lowest BCUT2D eigenvalue weighted by Crippen LogP contribution is -2.31. The second kappa shape index (κ2) is 16.0. The molecule has 11 heteroatoms. The van der Waals surface area contributed by atoms with Gasteiger partial charge in [-0.1, -0.05) is 48.0 Å². The summed E-state index contributed by atoms with van der Waals surface area (Å²) >= 11 is 7.86. The summed E-state index contributed by atoms with van der Waals surface area (Å²) in [4.78, 5) is 31.1. The second-order valence-corrected chi connectivity index (χ2v) is 12.7. The van der Waals surface area contributed by atoms with Crippen LogP contribution < -0.4 is 25.1 Å². The highest BCUT2D eigenvalue weighted by atomic mass is 35.5. The molecular weight excluding hydrogens is 626 g/mol. The number of carbonyl (C=O) groups excluding carboxylic acids is 2. The van der Waals surface area contributed by atoms with E-state index in [9.17, 15) is 9.59 Å². The standard InChI is InChI=1S/C35H38ClN3O6S/c1-22-17-38-20-28(36)27(22)16-30(25-9-11-29(42-2)31(15-25)43-3)45-34(40)32-12-10-26(46-32)19-39-33(24-7-5-4-6-8-24)35(41)44-21-23-13-14-37-18-23/h4-12,15,17,20,23,30,33,37,39H,13-14,16,18-19,21H2,1-3H3/p+1/t23-,30+,33?/m1/s1. The number of hydrogen-bond acceptors (Lipinski definition) is 9. The number of H-pyrrole nitrogens is 1. The number of thiophene rings is 1. The van der Waals surface area contributed by atoms with Crippen molar-refractivity contribution in [2.45, 2.75) is 38.5 Å². The van der Waals surface area contributed by atoms with Gasteiger partial charge >= 0.3 is 11.9 Å². The molecule has 1 saturated heterocycles. The molecule has 242 valence electrons. The molecule has 2 aromatic heterocycles. The fourth-order valence-electron chi connectivity index (χ4n) is 5.42. The molecule has 1 aliphatic rings. The number of hydrogen-bond donors (Lipinski definition) is 2. The minimum Gasteiger partial charge on any atom is -0.493 e. The monoisotopic (exact) mass is 664 g/mol. The van der Waals surface area contributed by atoms with Gasteiger partial charge in [-0.15, -0.1) is 11.3 Å². The van der Waals surface area contributed by atoms with Crippen LogP contribution in [0.3, 0.4) is 0 Å². The number of ether oxygens (including phenoxy) is 4. The average Bonchev–Trinajstić information content (AvgIpc) is 3.78. The molecule has 3 N–H and O–H groups in total. The van der Waals surface area contributed by atoms with Crippen LogP contribution in [0.15, 0.2) is 73.1 Å². The zero-order valence-electron chi connectivity index (χ0n) is 26.1. The third-order valence-corrected chi connectivity index (χ3v) is 9.43. The summed E-state index contributed by atoms with van der Waals surface area (Å²) in [5.41, 5.74) is 3.38. The van der Waals surface area contributed by atoms with Crippen molar-refractivity contribution in [3.63, 3.8) is 0 Å². The zero-order valence-corrected chi connectivity index (χ0v) is 27.7. The van der Waals surface area contributed by atoms with Gasteiger partial charge in [0.25, 0.3) is 0 Å². The summed E-state index contributed by atoms with van der Waals surface area (Å²) in [6, 6.07) is 17.9. The van der Waals surface area contributed by atoms with Crippen molar-refractivity contribution < 1.29 is 33.5 Å². The van der Waals surface area contributed by atoms with Crippen molar-refractivity contribution in [1.29, 1.82) is 0 Å². The van der Waals surface area contributed by atoms with E-state index in [0.29, 0.717) is 46.9 Å². The number of benzene rings is 2. The number of rotatable bonds is 14. The van der Waals surface area contributed by atoms with Gasteiger partial charge in [0.05, 0.1) is 20.8 Å². The number of esters is 2. The third kappa shape index (κ3) is 8.44. The van der Waals surface area contributed by atoms with Crippen molar-refractivity contribution in [2.75, 3.05) is 33.9 Å². The quantitative estimate of drug-likeness (QED) is 0.166. The van der Waals surface area contributed by atoms with E-state index in [2.05, 4.69) is 15.6 Å². The molecule has 3 heterocycles. The molecule has 2 aromatic carbocycles. The van der Waals surface area contributed by atoms with Crippen molar-refractivity contribution >= 4 is 34.9 Å². The van der Waals surface area contributed by atoms with E-state index in [-0.39, 0.29) is 5.97 Å². The molecule has 0 aliphatic carbocycles. The summed E-state index contributed by atoms with van der Waals surface area (Å²) in [6.07, 6.45) is 4.27. The molecule has 1 fully saturated rings. The maximum absolute atomic E-state index is 13.6. The van der Waals surface area contributed by atoms with E-state index in [1.807, 2.05) is 61.7 Å². The molecule has 4 aromatic rings. The molecule has 46 heavy (non-hydrogen) atoms. The Morgan fingerprint density at radius 3 is 2.57 bits per heavy atom. The second-order valence-electron chi connectivity index (χ2n) is 11.2. The Balaban J connectivity index is 1.30. The van der Waals surface area contributed by atoms with Crippen LogP contribution in [0.4, 0.5) is 0 Å². The number of carbonyl (C=O) groups is 2. The number of nitrogens with one attached hydrogen (secondary N) is 3. The van der Waals surface area contributed by atoms with Gasteiger partial charge in [0, 0.05) is 35.9 Å². The highest BCUT2D eigenvalue weighted by Crippen LogP contribution is 2.35. The summed E-state index contributed by atoms with van der Waals surface area (Å²) in [5, 5.41) is 7.19. The Bertz CT molecular complexity index is 1610. The van der Waals surface area contributed by atoms with Crippen LogP contribution >= 0.6 is 22.9 Å². The fraction of sp³-hybridized carbons (Fsp3) is 0.343. The minimum absolute atomic E-state index is 0.320. The van der Waals surface area contributed by atoms with Crippen molar-refractivity contribution in [2.24, 2.45) is 5.92 Å². The first-order chi connectivity index (χ1) is 22.4. The molecule has 0 amide bonds. The largest absolute Gasteiger partial charge is 0.493 e. The third-order valence-electron chi connectivity index (χ3n) is 8.03. The number of aromatic amines is 1. The van der Waals surface area contributed by atoms with Gasteiger partial charge in [0.2, 0.25) is 0 Å². The SMILES string of the molecule is COc1ccc([C@H](Cc2c(C)c[nH+]cc2Cl)OC(=O)c2ccc(CNC(C(=O)OC[C@@H]3CCNC3)c3ccccc3)s2)cc1OC. The molecule has 0 spiro atoms. The first kappa shape index (κ1) is 33.4. The molecule has 3 atom stereocenters. The molecule has 0 saturated carbocycles. The number of methoxy groups -OCH3 is 2. The number of pyridine rings is 1. The highest BCUT2D eigenvalue weighted by Gasteiger charge is 2.26. The maximum Gasteiger partial charge on any atom is 0.348 e. The van der Waals surface area contributed by atoms with Gasteiger partial charge < -0.3 is 24.3 Å². The minimum atomic E-state index is -0.651. The average molecular weight is 665 g/mol. The molecule has 0 bridgehead atoms. The summed E-state index contributed by atoms with van der Waals surface area (Å²) in [7, 11) is 3.13. The molecule has 1 unspecified atom stereocenters. The van der Waals surface area contributed by atoms with Crippen LogP contribution in [-0.4, -0.2) is 45.9 Å². The van der Waals surface area contributed by atoms with Gasteiger partial charge in [0.1, 0.15) is 22.0 Å². The topological polar surface area (TPSA) is 109 Å². The van der Waals surface area contributed by atoms with Gasteiger partial charge in [-0.3, -0.25) is 5.32 Å². The normalized spacial score (nSPS) is 15.6. The molecular formula is C35H39ClN3O6S+. The van der Waals surface area contributed by atoms with Crippen LogP contribution in [0, 0.1) is 12.8 Å². The lowest BCUT2D eigenvalue weighted by Gasteiger charge is -2.20. The predicted octanol–water partition coefficient (Wildman–Crippen LogP) is 5.67. The summed E-state index contributed by atoms with van der Waals surface area (Å²) in [6.45, 7) is 4.51. The van der Waals surface area contributed by atoms with Crippen LogP contribution in [0.5, 0.6) is 11.5 Å². The van der Waals surface area contributed by atoms with Gasteiger partial charge in [-0.2, -0.15) is 0 Å². The molecule has 9 nitrogen and oxygen atoms in total. The Labute approximate surface area is 278 Å². The lowest BCUT2D eigenvalue weighted by molar-refractivity contribution is -0.378. The van der Waals surface area contributed by atoms with Crippen LogP contribution in [-0.2, 0) is 27.2 Å². The fourth-order valence-corrected chi connectivity index (χ4v) is 6.55. The lowest BCUT2D eigenvalue weighted by atomic mass is 9.98. The predicted molar refractivity (Wildman–Crippen MR) is 176 cm³/mol. The maximum atomic E-state index is 13.6. The van der Waals surface area contributed by atoms with Gasteiger partial charge in [0.15, 0.2) is 23.9 Å². The van der Waals surface area contributed by atoms with E-state index in [1.165, 1.54) is 11.3 Å².